The van der Waals surface area contributed by atoms with Crippen molar-refractivity contribution in [2.24, 2.45) is 5.16 Å². The zero-order valence-electron chi connectivity index (χ0n) is 17.1. The van der Waals surface area contributed by atoms with Crippen molar-refractivity contribution in [3.8, 4) is 0 Å². The fourth-order valence-corrected chi connectivity index (χ4v) is 3.40. The average molecular weight is 428 g/mol. The predicted molar refractivity (Wildman–Crippen MR) is 118 cm³/mol. The first-order valence-electron chi connectivity index (χ1n) is 10.1. The van der Waals surface area contributed by atoms with Crippen LogP contribution < -0.4 is 5.32 Å². The molecule has 0 saturated carbocycles. The maximum absolute atomic E-state index is 13.6. The molecule has 30 heavy (non-hydrogen) atoms. The minimum atomic E-state index is -0.321. The Labute approximate surface area is 180 Å². The monoisotopic (exact) mass is 427 g/mol. The van der Waals surface area contributed by atoms with Gasteiger partial charge in [0.2, 0.25) is 0 Å². The van der Waals surface area contributed by atoms with Gasteiger partial charge in [-0.15, -0.1) is 5.10 Å². The fourth-order valence-electron chi connectivity index (χ4n) is 2.93. The smallest absolute Gasteiger partial charge is 0.138 e. The quantitative estimate of drug-likeness (QED) is 0.244. The Morgan fingerprint density at radius 3 is 2.73 bits per heavy atom. The highest BCUT2D eigenvalue weighted by atomic mass is 32.1. The van der Waals surface area contributed by atoms with Crippen molar-refractivity contribution >= 4 is 23.1 Å². The largest absolute Gasteiger partial charge is 0.395 e. The van der Waals surface area contributed by atoms with Gasteiger partial charge in [-0.05, 0) is 62.0 Å². The number of hydrogen-bond donors (Lipinski definition) is 1. The first-order chi connectivity index (χ1) is 14.7. The van der Waals surface area contributed by atoms with Crippen molar-refractivity contribution in [2.45, 2.75) is 39.0 Å². The number of oxime groups is 1. The van der Waals surface area contributed by atoms with Crippen LogP contribution in [0, 0.1) is 12.7 Å². The van der Waals surface area contributed by atoms with Crippen LogP contribution in [0.15, 0.2) is 53.8 Å². The fraction of sp³-hybridized carbons (Fsp3) is 0.364. The van der Waals surface area contributed by atoms with E-state index in [0.29, 0.717) is 23.6 Å². The van der Waals surface area contributed by atoms with E-state index >= 15 is 0 Å². The predicted octanol–water partition coefficient (Wildman–Crippen LogP) is 5.21. The molecule has 0 bridgehead atoms. The first kappa shape index (κ1) is 21.8. The van der Waals surface area contributed by atoms with E-state index in [9.17, 15) is 4.39 Å². The van der Waals surface area contributed by atoms with E-state index < -0.39 is 0 Å². The molecule has 0 unspecified atom stereocenters. The van der Waals surface area contributed by atoms with Crippen molar-refractivity contribution in [1.82, 2.24) is 14.6 Å². The number of benzene rings is 1. The van der Waals surface area contributed by atoms with Crippen molar-refractivity contribution in [3.63, 3.8) is 0 Å². The summed E-state index contributed by atoms with van der Waals surface area (Å²) < 4.78 is 17.6. The Balaban J connectivity index is 1.38. The number of hydrogen-bond acceptors (Lipinski definition) is 7. The zero-order chi connectivity index (χ0) is 21.0. The highest BCUT2D eigenvalue weighted by Crippen LogP contribution is 2.16. The van der Waals surface area contributed by atoms with Crippen LogP contribution in [0.25, 0.3) is 0 Å². The number of rotatable bonds is 12. The van der Waals surface area contributed by atoms with E-state index in [4.69, 9.17) is 4.84 Å². The number of aromatic nitrogens is 3. The molecule has 0 amide bonds. The van der Waals surface area contributed by atoms with Crippen LogP contribution in [0.1, 0.15) is 48.2 Å². The maximum atomic E-state index is 13.6. The number of aryl methyl sites for hydroxylation is 1. The van der Waals surface area contributed by atoms with Crippen molar-refractivity contribution < 1.29 is 9.23 Å². The summed E-state index contributed by atoms with van der Waals surface area (Å²) in [7, 11) is 0. The summed E-state index contributed by atoms with van der Waals surface area (Å²) in [6.07, 6.45) is 7.18. The summed E-state index contributed by atoms with van der Waals surface area (Å²) in [6, 6.07) is 12.1. The van der Waals surface area contributed by atoms with Crippen LogP contribution in [-0.4, -0.2) is 33.4 Å². The molecule has 0 aliphatic carbocycles. The first-order valence-corrected chi connectivity index (χ1v) is 10.9. The second kappa shape index (κ2) is 12.0. The number of anilines is 1. The summed E-state index contributed by atoms with van der Waals surface area (Å²) in [5.41, 5.74) is 1.78. The molecule has 1 aromatic carbocycles. The molecular formula is C22H26FN5OS. The number of unbranched alkanes of at least 4 members (excludes halogenated alkanes) is 4. The van der Waals surface area contributed by atoms with E-state index in [2.05, 4.69) is 25.0 Å². The summed E-state index contributed by atoms with van der Waals surface area (Å²) in [5, 5.41) is 11.7. The van der Waals surface area contributed by atoms with Crippen LogP contribution in [-0.2, 0) is 4.84 Å². The number of nitrogens with zero attached hydrogens (tertiary/aromatic N) is 4. The summed E-state index contributed by atoms with van der Waals surface area (Å²) >= 11 is 1.29. The van der Waals surface area contributed by atoms with Gasteiger partial charge in [0.25, 0.3) is 0 Å². The molecule has 1 N–H and O–H groups in total. The SMILES string of the molecule is Cc1snnc1C(=NOCCCCCCCNc1ccccn1)c1cccc(F)c1. The van der Waals surface area contributed by atoms with E-state index in [1.807, 2.05) is 25.1 Å². The molecule has 0 saturated heterocycles. The molecule has 0 aliphatic heterocycles. The van der Waals surface area contributed by atoms with Crippen molar-refractivity contribution in [3.05, 3.63) is 70.6 Å². The second-order valence-corrected chi connectivity index (χ2v) is 7.83. The maximum Gasteiger partial charge on any atom is 0.138 e. The van der Waals surface area contributed by atoms with Crippen LogP contribution >= 0.6 is 11.5 Å². The highest BCUT2D eigenvalue weighted by Gasteiger charge is 2.15. The third kappa shape index (κ3) is 6.88. The summed E-state index contributed by atoms with van der Waals surface area (Å²) in [5.74, 6) is 0.599. The van der Waals surface area contributed by atoms with Crippen LogP contribution in [0.3, 0.4) is 0 Å². The molecule has 6 nitrogen and oxygen atoms in total. The molecule has 2 heterocycles. The van der Waals surface area contributed by atoms with Crippen LogP contribution in [0.5, 0.6) is 0 Å². The zero-order valence-corrected chi connectivity index (χ0v) is 17.9. The van der Waals surface area contributed by atoms with Crippen molar-refractivity contribution in [2.75, 3.05) is 18.5 Å². The van der Waals surface area contributed by atoms with E-state index in [0.717, 1.165) is 49.3 Å². The lowest BCUT2D eigenvalue weighted by molar-refractivity contribution is 0.140. The van der Waals surface area contributed by atoms with Gasteiger partial charge in [-0.1, -0.05) is 40.7 Å². The third-order valence-corrected chi connectivity index (χ3v) is 5.14. The molecule has 3 rings (SSSR count). The molecule has 0 aliphatic rings. The average Bonchev–Trinajstić information content (AvgIpc) is 3.18. The van der Waals surface area contributed by atoms with Crippen molar-refractivity contribution in [1.29, 1.82) is 0 Å². The minimum Gasteiger partial charge on any atom is -0.395 e. The minimum absolute atomic E-state index is 0.321. The molecule has 0 spiro atoms. The Morgan fingerprint density at radius 2 is 1.97 bits per heavy atom. The molecule has 8 heteroatoms. The number of nitrogens with one attached hydrogen (secondary N) is 1. The van der Waals surface area contributed by atoms with Gasteiger partial charge in [-0.2, -0.15) is 0 Å². The lowest BCUT2D eigenvalue weighted by atomic mass is 10.1. The summed E-state index contributed by atoms with van der Waals surface area (Å²) in [6.45, 7) is 3.36. The Kier molecular flexibility index (Phi) is 8.71. The summed E-state index contributed by atoms with van der Waals surface area (Å²) in [4.78, 5) is 10.7. The standard InChI is InChI=1S/C22H26FN5OS/c1-17-21(26-28-30-17)22(18-10-9-11-19(23)16-18)27-29-15-8-4-2-3-6-13-24-20-12-5-7-14-25-20/h5,7,9-12,14,16H,2-4,6,8,13,15H2,1H3,(H,24,25). The molecule has 158 valence electrons. The van der Waals surface area contributed by atoms with Crippen LogP contribution in [0.2, 0.25) is 0 Å². The van der Waals surface area contributed by atoms with Gasteiger partial charge in [-0.25, -0.2) is 9.37 Å². The topological polar surface area (TPSA) is 72.3 Å². The number of pyridine rings is 1. The number of halogens is 1. The van der Waals surface area contributed by atoms with Gasteiger partial charge >= 0.3 is 0 Å². The molecule has 0 fully saturated rings. The molecule has 2 aromatic heterocycles. The van der Waals surface area contributed by atoms with Gasteiger partial charge in [0, 0.05) is 18.3 Å². The lowest BCUT2D eigenvalue weighted by Gasteiger charge is -2.06. The molecule has 3 aromatic rings. The molecular weight excluding hydrogens is 401 g/mol. The van der Waals surface area contributed by atoms with Crippen LogP contribution in [0.4, 0.5) is 10.2 Å². The second-order valence-electron chi connectivity index (χ2n) is 6.87. The van der Waals surface area contributed by atoms with Gasteiger partial charge in [0.1, 0.15) is 29.6 Å². The van der Waals surface area contributed by atoms with E-state index in [1.165, 1.54) is 23.7 Å². The third-order valence-electron chi connectivity index (χ3n) is 4.51. The van der Waals surface area contributed by atoms with E-state index in [-0.39, 0.29) is 5.82 Å². The normalized spacial score (nSPS) is 11.5. The van der Waals surface area contributed by atoms with Gasteiger partial charge in [0.15, 0.2) is 0 Å². The van der Waals surface area contributed by atoms with Gasteiger partial charge < -0.3 is 10.2 Å². The van der Waals surface area contributed by atoms with Gasteiger partial charge in [0.05, 0.1) is 4.88 Å². The highest BCUT2D eigenvalue weighted by molar-refractivity contribution is 7.05. The molecule has 0 radical (unpaired) electrons. The lowest BCUT2D eigenvalue weighted by Crippen LogP contribution is -2.07. The molecule has 0 atom stereocenters. The Bertz CT molecular complexity index is 932. The Morgan fingerprint density at radius 1 is 1.10 bits per heavy atom. The van der Waals surface area contributed by atoms with E-state index in [1.54, 1.807) is 18.3 Å². The van der Waals surface area contributed by atoms with Gasteiger partial charge in [-0.3, -0.25) is 0 Å². The Hall–Kier alpha value is -2.87.